The number of hydrogen-bond donors (Lipinski definition) is 1. The van der Waals surface area contributed by atoms with E-state index in [9.17, 15) is 9.59 Å². The van der Waals surface area contributed by atoms with Crippen molar-refractivity contribution < 1.29 is 19.1 Å². The van der Waals surface area contributed by atoms with Gasteiger partial charge in [0.15, 0.2) is 11.5 Å². The minimum absolute atomic E-state index is 0.135. The molecule has 5 rings (SSSR count). The van der Waals surface area contributed by atoms with Crippen LogP contribution in [0.15, 0.2) is 66.0 Å². The molecule has 1 aliphatic heterocycles. The number of amides is 2. The number of rotatable bonds is 7. The normalized spacial score (nSPS) is 16.1. The standard InChI is InChI=1S/C27H28N2O4S/c30-26(28-21-10-5-2-6-11-21)25(20-8-3-1-4-9-20)29(27(31)24-12-7-15-34-24)17-19-13-14-22-23(16-19)33-18-32-22/h1,3-4,7-9,12-16,21,25H,2,5-6,10-11,17-18H2,(H,28,30)/t25-/m0/s1. The number of ether oxygens (including phenoxy) is 2. The molecule has 1 fully saturated rings. The summed E-state index contributed by atoms with van der Waals surface area (Å²) in [6.07, 6.45) is 5.41. The van der Waals surface area contributed by atoms with E-state index in [-0.39, 0.29) is 31.2 Å². The molecule has 0 saturated heterocycles. The maximum Gasteiger partial charge on any atom is 0.265 e. The van der Waals surface area contributed by atoms with Crippen molar-refractivity contribution in [3.8, 4) is 11.5 Å². The lowest BCUT2D eigenvalue weighted by molar-refractivity contribution is -0.127. The lowest BCUT2D eigenvalue weighted by Gasteiger charge is -2.33. The van der Waals surface area contributed by atoms with E-state index < -0.39 is 6.04 Å². The zero-order valence-corrected chi connectivity index (χ0v) is 19.8. The maximum atomic E-state index is 13.8. The van der Waals surface area contributed by atoms with E-state index in [4.69, 9.17) is 9.47 Å². The third-order valence-electron chi connectivity index (χ3n) is 6.41. The fraction of sp³-hybridized carbons (Fsp3) is 0.333. The van der Waals surface area contributed by atoms with E-state index in [0.717, 1.165) is 36.8 Å². The van der Waals surface area contributed by atoms with Gasteiger partial charge in [0.05, 0.1) is 4.88 Å². The van der Waals surface area contributed by atoms with Crippen LogP contribution in [0.4, 0.5) is 0 Å². The van der Waals surface area contributed by atoms with Crippen LogP contribution in [0.5, 0.6) is 11.5 Å². The zero-order chi connectivity index (χ0) is 23.3. The summed E-state index contributed by atoms with van der Waals surface area (Å²) in [5.41, 5.74) is 1.67. The van der Waals surface area contributed by atoms with Crippen LogP contribution in [0.1, 0.15) is 58.9 Å². The average Bonchev–Trinajstić information content (AvgIpc) is 3.57. The van der Waals surface area contributed by atoms with Crippen molar-refractivity contribution >= 4 is 23.2 Å². The average molecular weight is 477 g/mol. The molecule has 7 heteroatoms. The Labute approximate surface area is 203 Å². The van der Waals surface area contributed by atoms with Crippen molar-refractivity contribution in [2.24, 2.45) is 0 Å². The summed E-state index contributed by atoms with van der Waals surface area (Å²) in [5, 5.41) is 5.13. The molecule has 0 unspecified atom stereocenters. The Morgan fingerprint density at radius 3 is 2.53 bits per heavy atom. The number of carbonyl (C=O) groups excluding carboxylic acids is 2. The molecule has 2 aliphatic rings. The Kier molecular flexibility index (Phi) is 6.81. The molecule has 3 aromatic rings. The number of hydrogen-bond acceptors (Lipinski definition) is 5. The van der Waals surface area contributed by atoms with Crippen LogP contribution >= 0.6 is 11.3 Å². The summed E-state index contributed by atoms with van der Waals surface area (Å²) in [6.45, 7) is 0.456. The topological polar surface area (TPSA) is 67.9 Å². The number of nitrogens with zero attached hydrogens (tertiary/aromatic N) is 1. The second kappa shape index (κ2) is 10.3. The third kappa shape index (κ3) is 4.94. The SMILES string of the molecule is O=C(NC1CCCCC1)[C@H](c1ccccc1)N(Cc1ccc2c(c1)OCO2)C(=O)c1cccs1. The molecule has 2 aromatic carbocycles. The molecule has 6 nitrogen and oxygen atoms in total. The van der Waals surface area contributed by atoms with Gasteiger partial charge in [-0.05, 0) is 47.5 Å². The summed E-state index contributed by atoms with van der Waals surface area (Å²) >= 11 is 1.38. The molecule has 0 spiro atoms. The Morgan fingerprint density at radius 1 is 0.971 bits per heavy atom. The molecule has 1 atom stereocenters. The van der Waals surface area contributed by atoms with Gasteiger partial charge in [0.25, 0.3) is 5.91 Å². The lowest BCUT2D eigenvalue weighted by Crippen LogP contribution is -2.46. The number of thiophene rings is 1. The Balaban J connectivity index is 1.50. The monoisotopic (exact) mass is 476 g/mol. The number of nitrogens with one attached hydrogen (secondary N) is 1. The van der Waals surface area contributed by atoms with Crippen molar-refractivity contribution in [2.45, 2.75) is 50.7 Å². The van der Waals surface area contributed by atoms with Crippen LogP contribution in [0.25, 0.3) is 0 Å². The fourth-order valence-corrected chi connectivity index (χ4v) is 5.37. The molecule has 1 saturated carbocycles. The highest BCUT2D eigenvalue weighted by Crippen LogP contribution is 2.34. The predicted molar refractivity (Wildman–Crippen MR) is 131 cm³/mol. The molecule has 1 aromatic heterocycles. The van der Waals surface area contributed by atoms with Crippen LogP contribution in [0.2, 0.25) is 0 Å². The van der Waals surface area contributed by atoms with E-state index in [1.54, 1.807) is 11.0 Å². The molecular weight excluding hydrogens is 448 g/mol. The molecule has 176 valence electrons. The summed E-state index contributed by atoms with van der Waals surface area (Å²) in [7, 11) is 0. The first-order chi connectivity index (χ1) is 16.7. The second-order valence-corrected chi connectivity index (χ2v) is 9.70. The highest BCUT2D eigenvalue weighted by atomic mass is 32.1. The summed E-state index contributed by atoms with van der Waals surface area (Å²) in [4.78, 5) is 29.8. The molecule has 1 aliphatic carbocycles. The van der Waals surface area contributed by atoms with Crippen LogP contribution in [0.3, 0.4) is 0 Å². The molecule has 2 amide bonds. The fourth-order valence-electron chi connectivity index (χ4n) is 4.69. The molecule has 0 bridgehead atoms. The Morgan fingerprint density at radius 2 is 1.76 bits per heavy atom. The van der Waals surface area contributed by atoms with Crippen molar-refractivity contribution in [1.29, 1.82) is 0 Å². The molecule has 1 N–H and O–H groups in total. The van der Waals surface area contributed by atoms with Gasteiger partial charge in [-0.2, -0.15) is 0 Å². The van der Waals surface area contributed by atoms with E-state index in [0.29, 0.717) is 16.4 Å². The smallest absolute Gasteiger partial charge is 0.265 e. The summed E-state index contributed by atoms with van der Waals surface area (Å²) in [6, 6.07) is 18.3. The molecule has 2 heterocycles. The van der Waals surface area contributed by atoms with Gasteiger partial charge in [0.2, 0.25) is 12.7 Å². The highest BCUT2D eigenvalue weighted by Gasteiger charge is 2.34. The van der Waals surface area contributed by atoms with Crippen LogP contribution in [-0.2, 0) is 11.3 Å². The van der Waals surface area contributed by atoms with Crippen LogP contribution in [-0.4, -0.2) is 29.5 Å². The Hall–Kier alpha value is -3.32. The highest BCUT2D eigenvalue weighted by molar-refractivity contribution is 7.12. The molecule has 34 heavy (non-hydrogen) atoms. The first-order valence-corrected chi connectivity index (χ1v) is 12.7. The third-order valence-corrected chi connectivity index (χ3v) is 7.27. The van der Waals surface area contributed by atoms with Crippen LogP contribution < -0.4 is 14.8 Å². The number of benzene rings is 2. The Bertz CT molecular complexity index is 1130. The van der Waals surface area contributed by atoms with Gasteiger partial charge in [-0.25, -0.2) is 0 Å². The van der Waals surface area contributed by atoms with Gasteiger partial charge >= 0.3 is 0 Å². The minimum Gasteiger partial charge on any atom is -0.454 e. The largest absolute Gasteiger partial charge is 0.454 e. The van der Waals surface area contributed by atoms with Crippen LogP contribution in [0, 0.1) is 0 Å². The summed E-state index contributed by atoms with van der Waals surface area (Å²) < 4.78 is 11.0. The minimum atomic E-state index is -0.747. The van der Waals surface area contributed by atoms with Crippen molar-refractivity contribution in [3.05, 3.63) is 82.0 Å². The van der Waals surface area contributed by atoms with E-state index in [2.05, 4.69) is 5.32 Å². The van der Waals surface area contributed by atoms with E-state index in [1.807, 2.05) is 60.0 Å². The molecular formula is C27H28N2O4S. The molecule has 0 radical (unpaired) electrons. The first-order valence-electron chi connectivity index (χ1n) is 11.8. The summed E-state index contributed by atoms with van der Waals surface area (Å²) in [5.74, 6) is 1.04. The van der Waals surface area contributed by atoms with E-state index >= 15 is 0 Å². The van der Waals surface area contributed by atoms with Crippen molar-refractivity contribution in [3.63, 3.8) is 0 Å². The van der Waals surface area contributed by atoms with Gasteiger partial charge in [0, 0.05) is 12.6 Å². The quantitative estimate of drug-likeness (QED) is 0.502. The number of carbonyl (C=O) groups is 2. The number of fused-ring (bicyclic) bond motifs is 1. The van der Waals surface area contributed by atoms with Gasteiger partial charge in [-0.1, -0.05) is 61.7 Å². The second-order valence-electron chi connectivity index (χ2n) is 8.75. The lowest BCUT2D eigenvalue weighted by atomic mass is 9.94. The zero-order valence-electron chi connectivity index (χ0n) is 18.9. The first kappa shape index (κ1) is 22.5. The van der Waals surface area contributed by atoms with Gasteiger partial charge in [-0.15, -0.1) is 11.3 Å². The van der Waals surface area contributed by atoms with Gasteiger partial charge in [-0.3, -0.25) is 9.59 Å². The van der Waals surface area contributed by atoms with Gasteiger partial charge in [0.1, 0.15) is 6.04 Å². The predicted octanol–water partition coefficient (Wildman–Crippen LogP) is 5.31. The van der Waals surface area contributed by atoms with Crippen molar-refractivity contribution in [1.82, 2.24) is 10.2 Å². The van der Waals surface area contributed by atoms with Crippen molar-refractivity contribution in [2.75, 3.05) is 6.79 Å². The van der Waals surface area contributed by atoms with E-state index in [1.165, 1.54) is 17.8 Å². The van der Waals surface area contributed by atoms with Gasteiger partial charge < -0.3 is 19.7 Å². The maximum absolute atomic E-state index is 13.8.